The van der Waals surface area contributed by atoms with E-state index in [0.29, 0.717) is 5.76 Å². The molecule has 1 N–H and O–H groups in total. The van der Waals surface area contributed by atoms with Gasteiger partial charge in [0.15, 0.2) is 0 Å². The van der Waals surface area contributed by atoms with Crippen molar-refractivity contribution in [3.05, 3.63) is 33.9 Å². The van der Waals surface area contributed by atoms with Crippen LogP contribution in [0.2, 0.25) is 0 Å². The van der Waals surface area contributed by atoms with E-state index in [1.807, 2.05) is 0 Å². The smallest absolute Gasteiger partial charge is 0.350 e. The number of aryl methyl sites for hydroxylation is 1. The normalized spacial score (nSPS) is 9.55. The Kier molecular flexibility index (Phi) is 1.76. The molecule has 0 bridgehead atoms. The molecule has 0 aromatic carbocycles. The van der Waals surface area contributed by atoms with Crippen LogP contribution in [-0.2, 0) is 0 Å². The molecule has 1 aromatic heterocycles. The summed E-state index contributed by atoms with van der Waals surface area (Å²) in [6.45, 7) is 1.58. The quantitative estimate of drug-likeness (QED) is 0.644. The van der Waals surface area contributed by atoms with Crippen LogP contribution in [0, 0.1) is 6.92 Å². The number of hydrogen-bond acceptors (Lipinski definition) is 3. The zero-order chi connectivity index (χ0) is 8.43. The zero-order valence-corrected chi connectivity index (χ0v) is 5.83. The van der Waals surface area contributed by atoms with Gasteiger partial charge in [-0.25, -0.2) is 9.59 Å². The Labute approximate surface area is 62.1 Å². The van der Waals surface area contributed by atoms with E-state index in [9.17, 15) is 9.59 Å². The summed E-state index contributed by atoms with van der Waals surface area (Å²) in [6.07, 6.45) is 0. The minimum absolute atomic E-state index is 0.337. The van der Waals surface area contributed by atoms with E-state index in [-0.39, 0.29) is 5.56 Å². The highest BCUT2D eigenvalue weighted by Gasteiger charge is 2.08. The van der Waals surface area contributed by atoms with Gasteiger partial charge in [-0.1, -0.05) is 0 Å². The number of carbonyl (C=O) groups is 1. The summed E-state index contributed by atoms with van der Waals surface area (Å²) in [7, 11) is 0. The van der Waals surface area contributed by atoms with E-state index in [4.69, 9.17) is 5.11 Å². The number of hydrogen-bond donors (Lipinski definition) is 1. The molecular formula is C7H6O4. The van der Waals surface area contributed by atoms with Gasteiger partial charge in [0.05, 0.1) is 0 Å². The molecule has 11 heavy (non-hydrogen) atoms. The molecule has 0 saturated carbocycles. The molecule has 0 spiro atoms. The average molecular weight is 154 g/mol. The molecule has 58 valence electrons. The van der Waals surface area contributed by atoms with Crippen LogP contribution in [-0.4, -0.2) is 11.1 Å². The molecule has 1 rings (SSSR count). The summed E-state index contributed by atoms with van der Waals surface area (Å²) in [5.74, 6) is -0.862. The van der Waals surface area contributed by atoms with Crippen LogP contribution in [0.15, 0.2) is 21.3 Å². The van der Waals surface area contributed by atoms with Gasteiger partial charge in [-0.15, -0.1) is 0 Å². The lowest BCUT2D eigenvalue weighted by atomic mass is 10.3. The van der Waals surface area contributed by atoms with Gasteiger partial charge >= 0.3 is 11.6 Å². The molecule has 1 heterocycles. The minimum atomic E-state index is -1.27. The fourth-order valence-corrected chi connectivity index (χ4v) is 0.663. The highest BCUT2D eigenvalue weighted by molar-refractivity contribution is 5.86. The molecule has 0 aliphatic rings. The topological polar surface area (TPSA) is 67.5 Å². The fraction of sp³-hybridized carbons (Fsp3) is 0.143. The van der Waals surface area contributed by atoms with Gasteiger partial charge in [-0.3, -0.25) is 0 Å². The Balaban J connectivity index is 3.32. The van der Waals surface area contributed by atoms with E-state index in [1.54, 1.807) is 6.92 Å². The standard InChI is InChI=1S/C7H6O4/c1-4-2-3-5(6(8)9)7(10)11-4/h2-3H,1H3,(H,8,9). The number of carboxylic acid groups (broad SMARTS) is 1. The first-order valence-electron chi connectivity index (χ1n) is 2.95. The maximum absolute atomic E-state index is 10.7. The van der Waals surface area contributed by atoms with E-state index >= 15 is 0 Å². The SMILES string of the molecule is Cc1ccc(C(=O)O)c(=O)o1. The molecule has 0 aliphatic heterocycles. The second-order valence-corrected chi connectivity index (χ2v) is 2.05. The summed E-state index contributed by atoms with van der Waals surface area (Å²) >= 11 is 0. The second kappa shape index (κ2) is 2.57. The van der Waals surface area contributed by atoms with Crippen molar-refractivity contribution in [2.75, 3.05) is 0 Å². The largest absolute Gasteiger partial charge is 0.477 e. The Bertz CT molecular complexity index is 337. The first-order chi connectivity index (χ1) is 5.11. The zero-order valence-electron chi connectivity index (χ0n) is 5.83. The van der Waals surface area contributed by atoms with E-state index in [1.165, 1.54) is 12.1 Å². The highest BCUT2D eigenvalue weighted by atomic mass is 16.4. The lowest BCUT2D eigenvalue weighted by Gasteiger charge is -1.91. The Hall–Kier alpha value is -1.58. The summed E-state index contributed by atoms with van der Waals surface area (Å²) in [5.41, 5.74) is -1.15. The molecule has 0 amide bonds. The maximum Gasteiger partial charge on any atom is 0.350 e. The lowest BCUT2D eigenvalue weighted by Crippen LogP contribution is -2.12. The van der Waals surface area contributed by atoms with Crippen LogP contribution < -0.4 is 5.63 Å². The third-order valence-corrected chi connectivity index (χ3v) is 1.19. The van der Waals surface area contributed by atoms with Crippen LogP contribution in [0.4, 0.5) is 0 Å². The lowest BCUT2D eigenvalue weighted by molar-refractivity contribution is 0.0691. The Morgan fingerprint density at radius 3 is 2.64 bits per heavy atom. The van der Waals surface area contributed by atoms with Crippen molar-refractivity contribution in [1.82, 2.24) is 0 Å². The van der Waals surface area contributed by atoms with E-state index in [2.05, 4.69) is 4.42 Å². The van der Waals surface area contributed by atoms with Gasteiger partial charge in [0.2, 0.25) is 0 Å². The second-order valence-electron chi connectivity index (χ2n) is 2.05. The predicted molar refractivity (Wildman–Crippen MR) is 36.7 cm³/mol. The van der Waals surface area contributed by atoms with Crippen molar-refractivity contribution in [2.24, 2.45) is 0 Å². The van der Waals surface area contributed by atoms with E-state index in [0.717, 1.165) is 0 Å². The molecule has 1 aromatic rings. The summed E-state index contributed by atoms with van der Waals surface area (Å²) < 4.78 is 4.53. The molecule has 4 heteroatoms. The Morgan fingerprint density at radius 2 is 2.18 bits per heavy atom. The van der Waals surface area contributed by atoms with Crippen molar-refractivity contribution < 1.29 is 14.3 Å². The Morgan fingerprint density at radius 1 is 1.55 bits per heavy atom. The van der Waals surface area contributed by atoms with Crippen LogP contribution in [0.25, 0.3) is 0 Å². The maximum atomic E-state index is 10.7. The van der Waals surface area contributed by atoms with Gasteiger partial charge in [-0.2, -0.15) is 0 Å². The molecule has 0 fully saturated rings. The number of aromatic carboxylic acids is 1. The van der Waals surface area contributed by atoms with Crippen molar-refractivity contribution >= 4 is 5.97 Å². The average Bonchev–Trinajstić information content (AvgIpc) is 1.85. The van der Waals surface area contributed by atoms with Crippen molar-refractivity contribution in [2.45, 2.75) is 6.92 Å². The molecule has 0 saturated heterocycles. The van der Waals surface area contributed by atoms with E-state index < -0.39 is 11.6 Å². The third kappa shape index (κ3) is 1.46. The van der Waals surface area contributed by atoms with Gasteiger partial charge < -0.3 is 9.52 Å². The fourth-order valence-electron chi connectivity index (χ4n) is 0.663. The van der Waals surface area contributed by atoms with Crippen molar-refractivity contribution in [3.8, 4) is 0 Å². The van der Waals surface area contributed by atoms with Gasteiger partial charge in [0, 0.05) is 0 Å². The minimum Gasteiger partial charge on any atom is -0.477 e. The first kappa shape index (κ1) is 7.53. The van der Waals surface area contributed by atoms with Gasteiger partial charge in [0.25, 0.3) is 0 Å². The summed E-state index contributed by atoms with van der Waals surface area (Å²) in [5, 5.41) is 8.40. The van der Waals surface area contributed by atoms with Crippen LogP contribution in [0.5, 0.6) is 0 Å². The molecular weight excluding hydrogens is 148 g/mol. The molecule has 0 radical (unpaired) electrons. The molecule has 0 unspecified atom stereocenters. The van der Waals surface area contributed by atoms with Crippen molar-refractivity contribution in [3.63, 3.8) is 0 Å². The number of rotatable bonds is 1. The first-order valence-corrected chi connectivity index (χ1v) is 2.95. The highest BCUT2D eigenvalue weighted by Crippen LogP contribution is 1.95. The predicted octanol–water partition coefficient (Wildman–Crippen LogP) is 0.646. The molecule has 4 nitrogen and oxygen atoms in total. The molecule has 0 aliphatic carbocycles. The van der Waals surface area contributed by atoms with Crippen molar-refractivity contribution in [1.29, 1.82) is 0 Å². The molecule has 0 atom stereocenters. The summed E-state index contributed by atoms with van der Waals surface area (Å²) in [4.78, 5) is 21.0. The van der Waals surface area contributed by atoms with Gasteiger partial charge in [-0.05, 0) is 19.1 Å². The summed E-state index contributed by atoms with van der Waals surface area (Å²) in [6, 6.07) is 2.66. The van der Waals surface area contributed by atoms with Crippen LogP contribution >= 0.6 is 0 Å². The van der Waals surface area contributed by atoms with Gasteiger partial charge in [0.1, 0.15) is 11.3 Å². The third-order valence-electron chi connectivity index (χ3n) is 1.19. The van der Waals surface area contributed by atoms with Crippen LogP contribution in [0.3, 0.4) is 0 Å². The van der Waals surface area contributed by atoms with Crippen LogP contribution in [0.1, 0.15) is 16.1 Å². The number of carboxylic acids is 1. The monoisotopic (exact) mass is 154 g/mol.